The molecule has 1 aliphatic rings. The molecule has 0 radical (unpaired) electrons. The minimum atomic E-state index is 0. The highest BCUT2D eigenvalue weighted by Crippen LogP contribution is 2.24. The van der Waals surface area contributed by atoms with Gasteiger partial charge in [-0.15, -0.1) is 0 Å². The minimum absolute atomic E-state index is 0. The summed E-state index contributed by atoms with van der Waals surface area (Å²) in [5.41, 5.74) is 1.00. The SMILES string of the molecule is C[N+](C)(C)CC1CCC/C1=N/O.[I-]. The summed E-state index contributed by atoms with van der Waals surface area (Å²) in [5, 5.41) is 12.1. The molecule has 13 heavy (non-hydrogen) atoms. The van der Waals surface area contributed by atoms with Crippen molar-refractivity contribution in [3.63, 3.8) is 0 Å². The molecule has 0 aromatic heterocycles. The summed E-state index contributed by atoms with van der Waals surface area (Å²) in [5.74, 6) is 0.509. The molecule has 3 nitrogen and oxygen atoms in total. The van der Waals surface area contributed by atoms with Crippen LogP contribution in [0.3, 0.4) is 0 Å². The quantitative estimate of drug-likeness (QED) is 0.281. The fraction of sp³-hybridized carbons (Fsp3) is 0.889. The number of hydrogen-bond acceptors (Lipinski definition) is 2. The molecule has 4 heteroatoms. The Labute approximate surface area is 97.4 Å². The molecule has 1 unspecified atom stereocenters. The maximum absolute atomic E-state index is 8.71. The first-order valence-corrected chi connectivity index (χ1v) is 4.54. The average molecular weight is 298 g/mol. The highest BCUT2D eigenvalue weighted by Gasteiger charge is 2.28. The van der Waals surface area contributed by atoms with E-state index in [1.165, 1.54) is 12.8 Å². The lowest BCUT2D eigenvalue weighted by Gasteiger charge is -2.27. The summed E-state index contributed by atoms with van der Waals surface area (Å²) >= 11 is 0. The van der Waals surface area contributed by atoms with Gasteiger partial charge in [0, 0.05) is 5.92 Å². The molecule has 0 heterocycles. The third-order valence-corrected chi connectivity index (χ3v) is 2.35. The second-order valence-corrected chi connectivity index (χ2v) is 4.65. The second-order valence-electron chi connectivity index (χ2n) is 4.65. The number of hydrogen-bond donors (Lipinski definition) is 1. The lowest BCUT2D eigenvalue weighted by molar-refractivity contribution is -0.872. The Kier molecular flexibility index (Phi) is 5.21. The van der Waals surface area contributed by atoms with Crippen LogP contribution in [0.5, 0.6) is 0 Å². The number of quaternary nitrogens is 1. The molecule has 78 valence electrons. The molecule has 0 aromatic carbocycles. The van der Waals surface area contributed by atoms with E-state index in [2.05, 4.69) is 26.3 Å². The fourth-order valence-corrected chi connectivity index (χ4v) is 1.89. The molecule has 1 aliphatic carbocycles. The van der Waals surface area contributed by atoms with Gasteiger partial charge in [0.15, 0.2) is 0 Å². The molecule has 1 N–H and O–H groups in total. The van der Waals surface area contributed by atoms with Crippen LogP contribution in [0.2, 0.25) is 0 Å². The summed E-state index contributed by atoms with van der Waals surface area (Å²) in [4.78, 5) is 0. The predicted molar refractivity (Wildman–Crippen MR) is 49.5 cm³/mol. The lowest BCUT2D eigenvalue weighted by atomic mass is 10.1. The van der Waals surface area contributed by atoms with Crippen molar-refractivity contribution in [1.82, 2.24) is 0 Å². The van der Waals surface area contributed by atoms with Gasteiger partial charge in [0.25, 0.3) is 0 Å². The Morgan fingerprint density at radius 1 is 1.46 bits per heavy atom. The monoisotopic (exact) mass is 298 g/mol. The van der Waals surface area contributed by atoms with Crippen molar-refractivity contribution in [1.29, 1.82) is 0 Å². The lowest BCUT2D eigenvalue weighted by Crippen LogP contribution is -3.00. The van der Waals surface area contributed by atoms with E-state index in [1.54, 1.807) is 0 Å². The molecule has 0 aromatic rings. The van der Waals surface area contributed by atoms with E-state index in [-0.39, 0.29) is 24.0 Å². The molecular formula is C9H19IN2O. The molecular weight excluding hydrogens is 279 g/mol. The fourth-order valence-electron chi connectivity index (χ4n) is 1.89. The van der Waals surface area contributed by atoms with Gasteiger partial charge < -0.3 is 33.7 Å². The van der Waals surface area contributed by atoms with Crippen LogP contribution in [0.1, 0.15) is 19.3 Å². The molecule has 1 rings (SSSR count). The summed E-state index contributed by atoms with van der Waals surface area (Å²) in [7, 11) is 6.52. The van der Waals surface area contributed by atoms with E-state index in [9.17, 15) is 0 Å². The van der Waals surface area contributed by atoms with Gasteiger partial charge in [0.05, 0.1) is 33.4 Å². The van der Waals surface area contributed by atoms with Crippen LogP contribution in [0.15, 0.2) is 5.16 Å². The molecule has 0 saturated heterocycles. The molecule has 1 fully saturated rings. The van der Waals surface area contributed by atoms with Crippen molar-refractivity contribution in [2.45, 2.75) is 19.3 Å². The normalized spacial score (nSPS) is 26.1. The van der Waals surface area contributed by atoms with Gasteiger partial charge >= 0.3 is 0 Å². The van der Waals surface area contributed by atoms with Crippen molar-refractivity contribution in [3.05, 3.63) is 0 Å². The topological polar surface area (TPSA) is 32.6 Å². The Hall–Kier alpha value is 0.160. The standard InChI is InChI=1S/C9H18N2O.HI/c1-11(2,3)7-8-5-4-6-9(8)10-12;/h8H,4-7H2,1-3H3;1H/b10-9-;. The minimum Gasteiger partial charge on any atom is -1.00 e. The highest BCUT2D eigenvalue weighted by molar-refractivity contribution is 5.88. The number of rotatable bonds is 2. The highest BCUT2D eigenvalue weighted by atomic mass is 127. The first-order valence-electron chi connectivity index (χ1n) is 4.54. The van der Waals surface area contributed by atoms with Crippen LogP contribution in [0.25, 0.3) is 0 Å². The smallest absolute Gasteiger partial charge is 0.0863 e. The van der Waals surface area contributed by atoms with Crippen molar-refractivity contribution >= 4 is 5.71 Å². The third-order valence-electron chi connectivity index (χ3n) is 2.35. The van der Waals surface area contributed by atoms with Crippen LogP contribution in [0, 0.1) is 5.92 Å². The van der Waals surface area contributed by atoms with E-state index in [0.29, 0.717) is 5.92 Å². The molecule has 0 amide bonds. The van der Waals surface area contributed by atoms with E-state index >= 15 is 0 Å². The third kappa shape index (κ3) is 4.26. The van der Waals surface area contributed by atoms with Crippen LogP contribution >= 0.6 is 0 Å². The van der Waals surface area contributed by atoms with Gasteiger partial charge in [0.2, 0.25) is 0 Å². The zero-order chi connectivity index (χ0) is 9.19. The molecule has 0 aliphatic heterocycles. The Morgan fingerprint density at radius 2 is 2.08 bits per heavy atom. The van der Waals surface area contributed by atoms with Crippen molar-refractivity contribution in [2.24, 2.45) is 11.1 Å². The zero-order valence-electron chi connectivity index (χ0n) is 8.63. The largest absolute Gasteiger partial charge is 1.00 e. The van der Waals surface area contributed by atoms with Gasteiger partial charge in [-0.2, -0.15) is 0 Å². The van der Waals surface area contributed by atoms with Gasteiger partial charge in [-0.1, -0.05) is 5.16 Å². The number of halogens is 1. The summed E-state index contributed by atoms with van der Waals surface area (Å²) < 4.78 is 0.948. The van der Waals surface area contributed by atoms with Gasteiger partial charge in [-0.3, -0.25) is 0 Å². The van der Waals surface area contributed by atoms with Crippen molar-refractivity contribution in [2.75, 3.05) is 27.7 Å². The van der Waals surface area contributed by atoms with Crippen molar-refractivity contribution in [3.8, 4) is 0 Å². The van der Waals surface area contributed by atoms with Crippen LogP contribution < -0.4 is 24.0 Å². The summed E-state index contributed by atoms with van der Waals surface area (Å²) in [6.07, 6.45) is 3.36. The number of nitrogens with zero attached hydrogens (tertiary/aromatic N) is 2. The van der Waals surface area contributed by atoms with E-state index in [1.807, 2.05) is 0 Å². The Balaban J connectivity index is 0.00000144. The van der Waals surface area contributed by atoms with Crippen LogP contribution in [0.4, 0.5) is 0 Å². The maximum Gasteiger partial charge on any atom is 0.0863 e. The molecule has 1 atom stereocenters. The van der Waals surface area contributed by atoms with E-state index in [4.69, 9.17) is 5.21 Å². The zero-order valence-corrected chi connectivity index (χ0v) is 10.8. The van der Waals surface area contributed by atoms with E-state index in [0.717, 1.165) is 23.2 Å². The van der Waals surface area contributed by atoms with Crippen LogP contribution in [-0.4, -0.2) is 43.1 Å². The van der Waals surface area contributed by atoms with Gasteiger partial charge in [-0.05, 0) is 19.3 Å². The second kappa shape index (κ2) is 5.14. The van der Waals surface area contributed by atoms with Gasteiger partial charge in [-0.25, -0.2) is 0 Å². The first kappa shape index (κ1) is 13.2. The molecule has 0 spiro atoms. The Bertz CT molecular complexity index is 187. The summed E-state index contributed by atoms with van der Waals surface area (Å²) in [6, 6.07) is 0. The van der Waals surface area contributed by atoms with Crippen molar-refractivity contribution < 1.29 is 33.7 Å². The maximum atomic E-state index is 8.71. The predicted octanol–water partition coefficient (Wildman–Crippen LogP) is -1.67. The summed E-state index contributed by atoms with van der Waals surface area (Å²) in [6.45, 7) is 1.08. The Morgan fingerprint density at radius 3 is 2.54 bits per heavy atom. The molecule has 0 bridgehead atoms. The van der Waals surface area contributed by atoms with Crippen LogP contribution in [-0.2, 0) is 0 Å². The average Bonchev–Trinajstić information content (AvgIpc) is 2.31. The molecule has 1 saturated carbocycles. The first-order chi connectivity index (χ1) is 5.53. The number of oxime groups is 1. The van der Waals surface area contributed by atoms with Gasteiger partial charge in [0.1, 0.15) is 0 Å². The van der Waals surface area contributed by atoms with E-state index < -0.39 is 0 Å².